The molecule has 0 rings (SSSR count). The van der Waals surface area contributed by atoms with Crippen molar-refractivity contribution in [3.8, 4) is 0 Å². The summed E-state index contributed by atoms with van der Waals surface area (Å²) >= 11 is 0. The highest BCUT2D eigenvalue weighted by Gasteiger charge is 2.14. The Morgan fingerprint density at radius 2 is 1.78 bits per heavy atom. The van der Waals surface area contributed by atoms with Gasteiger partial charge in [0, 0.05) is 14.1 Å². The van der Waals surface area contributed by atoms with E-state index in [1.165, 1.54) is 4.90 Å². The van der Waals surface area contributed by atoms with Crippen LogP contribution in [0.5, 0.6) is 0 Å². The summed E-state index contributed by atoms with van der Waals surface area (Å²) in [6.07, 6.45) is -0.532. The number of rotatable bonds is 3. The summed E-state index contributed by atoms with van der Waals surface area (Å²) in [5.74, 6) is -2.54. The van der Waals surface area contributed by atoms with Gasteiger partial charge in [0.2, 0.25) is 5.96 Å². The van der Waals surface area contributed by atoms with E-state index in [-0.39, 0.29) is 11.9 Å². The number of aliphatic carboxylic acids is 2. The fraction of sp³-hybridized carbons (Fsp3) is 0.500. The molecule has 1 unspecified atom stereocenters. The van der Waals surface area contributed by atoms with Crippen LogP contribution in [0.4, 0.5) is 0 Å². The van der Waals surface area contributed by atoms with E-state index in [1.54, 1.807) is 14.1 Å². The van der Waals surface area contributed by atoms with Crippen molar-refractivity contribution >= 4 is 23.9 Å². The number of hydrogen-bond donors (Lipinski definition) is 6. The van der Waals surface area contributed by atoms with Gasteiger partial charge >= 0.3 is 11.9 Å². The maximum atomic E-state index is 9.85. The molecule has 0 aliphatic heterocycles. The van der Waals surface area contributed by atoms with E-state index < -0.39 is 24.4 Å². The van der Waals surface area contributed by atoms with Crippen LogP contribution in [-0.4, -0.2) is 59.1 Å². The van der Waals surface area contributed by atoms with Gasteiger partial charge in [0.25, 0.3) is 0 Å². The standard InChI is InChI=1S/C4H11N5.C4H7NO4/c1-9(2)4(7)8-3(5)6;5-2(4(8)9)1-3(6)7/h1-2H3,(H5,5,6,7,8);2H,1,5H2,(H,6,7)(H,8,9). The van der Waals surface area contributed by atoms with Crippen LogP contribution in [0.25, 0.3) is 0 Å². The molecular weight excluding hydrogens is 244 g/mol. The van der Waals surface area contributed by atoms with Crippen LogP contribution < -0.4 is 17.2 Å². The second-order valence-corrected chi connectivity index (χ2v) is 3.30. The fourth-order valence-electron chi connectivity index (χ4n) is 0.498. The van der Waals surface area contributed by atoms with Crippen molar-refractivity contribution in [1.29, 1.82) is 5.41 Å². The first-order valence-corrected chi connectivity index (χ1v) is 4.63. The number of nitrogens with one attached hydrogen (secondary N) is 1. The number of aliphatic imine (C=N–C) groups is 1. The molecule has 0 bridgehead atoms. The minimum absolute atomic E-state index is 0.0509. The summed E-state index contributed by atoms with van der Waals surface area (Å²) in [4.78, 5) is 24.6. The predicted octanol–water partition coefficient (Wildman–Crippen LogP) is -2.37. The Morgan fingerprint density at radius 3 is 1.89 bits per heavy atom. The molecule has 10 heteroatoms. The molecule has 9 N–H and O–H groups in total. The number of carbonyl (C=O) groups is 2. The summed E-state index contributed by atoms with van der Waals surface area (Å²) in [6.45, 7) is 0. The molecule has 0 heterocycles. The molecule has 0 spiro atoms. The number of carboxylic acids is 2. The van der Waals surface area contributed by atoms with Gasteiger partial charge < -0.3 is 32.3 Å². The van der Waals surface area contributed by atoms with E-state index >= 15 is 0 Å². The first-order chi connectivity index (χ1) is 8.07. The Bertz CT molecular complexity index is 336. The molecule has 10 nitrogen and oxygen atoms in total. The van der Waals surface area contributed by atoms with E-state index in [0.717, 1.165) is 0 Å². The highest BCUT2D eigenvalue weighted by Crippen LogP contribution is 1.86. The quantitative estimate of drug-likeness (QED) is 0.240. The zero-order valence-corrected chi connectivity index (χ0v) is 10.1. The molecule has 0 amide bonds. The third kappa shape index (κ3) is 11.7. The summed E-state index contributed by atoms with van der Waals surface area (Å²) in [5.41, 5.74) is 14.8. The first-order valence-electron chi connectivity index (χ1n) is 4.63. The monoisotopic (exact) mass is 262 g/mol. The largest absolute Gasteiger partial charge is 0.481 e. The Hall–Kier alpha value is -2.36. The smallest absolute Gasteiger partial charge is 0.321 e. The summed E-state index contributed by atoms with van der Waals surface area (Å²) in [5, 5.41) is 23.1. The summed E-state index contributed by atoms with van der Waals surface area (Å²) in [7, 11) is 3.38. The van der Waals surface area contributed by atoms with Crippen molar-refractivity contribution in [1.82, 2.24) is 4.90 Å². The summed E-state index contributed by atoms with van der Waals surface area (Å²) < 4.78 is 0. The lowest BCUT2D eigenvalue weighted by molar-refractivity contribution is -0.144. The third-order valence-corrected chi connectivity index (χ3v) is 1.37. The van der Waals surface area contributed by atoms with Crippen LogP contribution in [0.15, 0.2) is 4.99 Å². The Kier molecular flexibility index (Phi) is 8.76. The van der Waals surface area contributed by atoms with E-state index in [1.807, 2.05) is 0 Å². The molecule has 1 atom stereocenters. The first kappa shape index (κ1) is 18.0. The third-order valence-electron chi connectivity index (χ3n) is 1.37. The molecule has 0 aromatic heterocycles. The van der Waals surface area contributed by atoms with Gasteiger partial charge in [-0.05, 0) is 0 Å². The molecule has 0 aliphatic rings. The summed E-state index contributed by atoms with van der Waals surface area (Å²) in [6, 6.07) is -1.29. The molecular formula is C8H18N6O4. The predicted molar refractivity (Wildman–Crippen MR) is 65.1 cm³/mol. The average molecular weight is 262 g/mol. The number of carboxylic acid groups (broad SMARTS) is 2. The van der Waals surface area contributed by atoms with Crippen molar-refractivity contribution in [2.75, 3.05) is 14.1 Å². The lowest BCUT2D eigenvalue weighted by atomic mass is 10.2. The van der Waals surface area contributed by atoms with Crippen LogP contribution in [0.2, 0.25) is 0 Å². The van der Waals surface area contributed by atoms with Crippen LogP contribution in [-0.2, 0) is 9.59 Å². The number of nitrogens with two attached hydrogens (primary N) is 3. The second-order valence-electron chi connectivity index (χ2n) is 3.30. The maximum absolute atomic E-state index is 9.85. The van der Waals surface area contributed by atoms with E-state index in [4.69, 9.17) is 32.8 Å². The van der Waals surface area contributed by atoms with Gasteiger partial charge in [-0.1, -0.05) is 0 Å². The highest BCUT2D eigenvalue weighted by molar-refractivity contribution is 5.91. The SMILES string of the molecule is CN(C)C(=N)N=C(N)N.NC(CC(=O)O)C(=O)O. The van der Waals surface area contributed by atoms with Gasteiger partial charge in [0.15, 0.2) is 5.96 Å². The van der Waals surface area contributed by atoms with Crippen LogP contribution in [0.3, 0.4) is 0 Å². The molecule has 0 aliphatic carbocycles. The van der Waals surface area contributed by atoms with Gasteiger partial charge in [0.1, 0.15) is 6.04 Å². The lowest BCUT2D eigenvalue weighted by Crippen LogP contribution is -2.32. The Labute approximate surface area is 104 Å². The molecule has 104 valence electrons. The van der Waals surface area contributed by atoms with E-state index in [0.29, 0.717) is 0 Å². The average Bonchev–Trinajstić information content (AvgIpc) is 2.16. The fourth-order valence-corrected chi connectivity index (χ4v) is 0.498. The molecule has 0 aromatic carbocycles. The van der Waals surface area contributed by atoms with E-state index in [9.17, 15) is 9.59 Å². The topological polar surface area (TPSA) is 192 Å². The van der Waals surface area contributed by atoms with Crippen molar-refractivity contribution in [3.63, 3.8) is 0 Å². The molecule has 0 radical (unpaired) electrons. The minimum Gasteiger partial charge on any atom is -0.481 e. The molecule has 18 heavy (non-hydrogen) atoms. The van der Waals surface area contributed by atoms with Gasteiger partial charge in [-0.2, -0.15) is 4.99 Å². The highest BCUT2D eigenvalue weighted by atomic mass is 16.4. The van der Waals surface area contributed by atoms with Crippen molar-refractivity contribution < 1.29 is 19.8 Å². The van der Waals surface area contributed by atoms with Gasteiger partial charge in [-0.25, -0.2) is 0 Å². The molecule has 0 saturated heterocycles. The minimum atomic E-state index is -1.29. The van der Waals surface area contributed by atoms with Crippen molar-refractivity contribution in [3.05, 3.63) is 0 Å². The maximum Gasteiger partial charge on any atom is 0.321 e. The van der Waals surface area contributed by atoms with Gasteiger partial charge in [0.05, 0.1) is 6.42 Å². The van der Waals surface area contributed by atoms with Gasteiger partial charge in [-0.3, -0.25) is 15.0 Å². The lowest BCUT2D eigenvalue weighted by Gasteiger charge is -2.07. The number of hydrogen-bond acceptors (Lipinski definition) is 4. The van der Waals surface area contributed by atoms with Crippen molar-refractivity contribution in [2.24, 2.45) is 22.2 Å². The zero-order chi connectivity index (χ0) is 14.9. The molecule has 0 fully saturated rings. The van der Waals surface area contributed by atoms with Crippen LogP contribution >= 0.6 is 0 Å². The normalized spacial score (nSPS) is 10.4. The van der Waals surface area contributed by atoms with Crippen LogP contribution in [0, 0.1) is 5.41 Å². The Balaban J connectivity index is 0. The molecule has 0 saturated carbocycles. The second kappa shape index (κ2) is 8.75. The van der Waals surface area contributed by atoms with E-state index in [2.05, 4.69) is 4.99 Å². The van der Waals surface area contributed by atoms with Gasteiger partial charge in [-0.15, -0.1) is 0 Å². The van der Waals surface area contributed by atoms with Crippen molar-refractivity contribution in [2.45, 2.75) is 12.5 Å². The number of nitrogens with zero attached hydrogens (tertiary/aromatic N) is 2. The Morgan fingerprint density at radius 1 is 1.33 bits per heavy atom. The van der Waals surface area contributed by atoms with Crippen LogP contribution in [0.1, 0.15) is 6.42 Å². The zero-order valence-electron chi connectivity index (χ0n) is 10.1. The number of guanidine groups is 2. The molecule has 0 aromatic rings.